The molecule has 1 aliphatic heterocycles. The number of esters is 1. The molecule has 8 heteroatoms. The fraction of sp³-hybridized carbons (Fsp3) is 0.160. The lowest BCUT2D eigenvalue weighted by Crippen LogP contribution is -2.29. The van der Waals surface area contributed by atoms with Gasteiger partial charge < -0.3 is 24.1 Å². The molecule has 1 amide bonds. The molecule has 8 nitrogen and oxygen atoms in total. The van der Waals surface area contributed by atoms with Gasteiger partial charge in [0, 0.05) is 17.3 Å². The Kier molecular flexibility index (Phi) is 5.40. The summed E-state index contributed by atoms with van der Waals surface area (Å²) in [7, 11) is 0. The van der Waals surface area contributed by atoms with E-state index in [0.717, 1.165) is 5.56 Å². The monoisotopic (exact) mass is 444 g/mol. The number of hydrogen-bond acceptors (Lipinski definition) is 6. The van der Waals surface area contributed by atoms with Crippen LogP contribution in [-0.4, -0.2) is 29.8 Å². The molecule has 166 valence electrons. The summed E-state index contributed by atoms with van der Waals surface area (Å²) in [6.45, 7) is -0.0839. The predicted molar refractivity (Wildman–Crippen MR) is 121 cm³/mol. The Bertz CT molecular complexity index is 1380. The number of para-hydroxylation sites is 2. The van der Waals surface area contributed by atoms with Crippen LogP contribution < -0.4 is 20.2 Å². The summed E-state index contributed by atoms with van der Waals surface area (Å²) >= 11 is 0. The first-order valence-corrected chi connectivity index (χ1v) is 10.4. The van der Waals surface area contributed by atoms with Crippen molar-refractivity contribution in [1.29, 1.82) is 0 Å². The zero-order valence-corrected chi connectivity index (χ0v) is 17.6. The lowest BCUT2D eigenvalue weighted by molar-refractivity contribution is -0.149. The van der Waals surface area contributed by atoms with Gasteiger partial charge in [-0.15, -0.1) is 0 Å². The molecule has 1 aliphatic rings. The highest BCUT2D eigenvalue weighted by atomic mass is 16.7. The number of nitrogens with one attached hydrogen (secondary N) is 1. The Balaban J connectivity index is 1.25. The van der Waals surface area contributed by atoms with Crippen molar-refractivity contribution in [3.63, 3.8) is 0 Å². The minimum absolute atomic E-state index is 0.0892. The van der Waals surface area contributed by atoms with Gasteiger partial charge in [0.15, 0.2) is 23.5 Å². The van der Waals surface area contributed by atoms with E-state index in [9.17, 15) is 14.4 Å². The summed E-state index contributed by atoms with van der Waals surface area (Å²) in [5.74, 6) is 0.304. The molecule has 3 aromatic carbocycles. The third-order valence-electron chi connectivity index (χ3n) is 5.46. The molecule has 0 unspecified atom stereocenters. The van der Waals surface area contributed by atoms with Crippen LogP contribution in [0.25, 0.3) is 21.8 Å². The second-order valence-electron chi connectivity index (χ2n) is 7.57. The molecule has 0 spiro atoms. The van der Waals surface area contributed by atoms with Crippen LogP contribution in [0.2, 0.25) is 0 Å². The van der Waals surface area contributed by atoms with Gasteiger partial charge in [-0.1, -0.05) is 30.3 Å². The summed E-state index contributed by atoms with van der Waals surface area (Å²) in [5.41, 5.74) is 2.01. The minimum Gasteiger partial charge on any atom is -0.454 e. The van der Waals surface area contributed by atoms with Crippen LogP contribution in [0, 0.1) is 0 Å². The van der Waals surface area contributed by atoms with Gasteiger partial charge in [-0.25, -0.2) is 0 Å². The molecule has 0 fully saturated rings. The lowest BCUT2D eigenvalue weighted by atomic mass is 10.1. The van der Waals surface area contributed by atoms with E-state index < -0.39 is 18.5 Å². The highest BCUT2D eigenvalue weighted by Crippen LogP contribution is 2.32. The van der Waals surface area contributed by atoms with Crippen molar-refractivity contribution in [1.82, 2.24) is 9.88 Å². The van der Waals surface area contributed by atoms with Crippen molar-refractivity contribution in [2.24, 2.45) is 0 Å². The first-order valence-electron chi connectivity index (χ1n) is 10.4. The maximum Gasteiger partial charge on any atom is 0.326 e. The van der Waals surface area contributed by atoms with E-state index in [1.807, 2.05) is 18.2 Å². The number of fused-ring (bicyclic) bond motifs is 3. The smallest absolute Gasteiger partial charge is 0.326 e. The highest BCUT2D eigenvalue weighted by molar-refractivity contribution is 5.94. The van der Waals surface area contributed by atoms with Crippen LogP contribution in [-0.2, 0) is 27.4 Å². The molecule has 1 N–H and O–H groups in total. The first-order chi connectivity index (χ1) is 16.1. The van der Waals surface area contributed by atoms with Gasteiger partial charge in [0.25, 0.3) is 5.91 Å². The molecule has 0 saturated carbocycles. The van der Waals surface area contributed by atoms with Crippen molar-refractivity contribution in [2.75, 3.05) is 13.4 Å². The average molecular weight is 444 g/mol. The van der Waals surface area contributed by atoms with E-state index in [4.69, 9.17) is 14.2 Å². The van der Waals surface area contributed by atoms with Gasteiger partial charge in [-0.2, -0.15) is 0 Å². The molecule has 33 heavy (non-hydrogen) atoms. The van der Waals surface area contributed by atoms with Crippen LogP contribution in [0.1, 0.15) is 5.56 Å². The van der Waals surface area contributed by atoms with Crippen LogP contribution in [0.4, 0.5) is 0 Å². The molecular weight excluding hydrogens is 424 g/mol. The van der Waals surface area contributed by atoms with Gasteiger partial charge in [0.1, 0.15) is 6.54 Å². The number of ether oxygens (including phenoxy) is 3. The van der Waals surface area contributed by atoms with Crippen molar-refractivity contribution >= 4 is 33.7 Å². The van der Waals surface area contributed by atoms with Crippen molar-refractivity contribution < 1.29 is 23.8 Å². The Labute approximate surface area is 188 Å². The summed E-state index contributed by atoms with van der Waals surface area (Å²) in [6, 6.07) is 19.6. The molecule has 4 aromatic rings. The fourth-order valence-electron chi connectivity index (χ4n) is 3.87. The van der Waals surface area contributed by atoms with E-state index in [2.05, 4.69) is 5.32 Å². The van der Waals surface area contributed by atoms with Crippen LogP contribution in [0.15, 0.2) is 71.5 Å². The Morgan fingerprint density at radius 3 is 2.30 bits per heavy atom. The van der Waals surface area contributed by atoms with Crippen LogP contribution in [0.3, 0.4) is 0 Å². The number of benzene rings is 3. The van der Waals surface area contributed by atoms with Gasteiger partial charge in [-0.05, 0) is 42.0 Å². The summed E-state index contributed by atoms with van der Waals surface area (Å²) in [6.07, 6.45) is 0. The van der Waals surface area contributed by atoms with E-state index in [1.165, 1.54) is 0 Å². The van der Waals surface area contributed by atoms with E-state index in [-0.39, 0.29) is 25.3 Å². The maximum absolute atomic E-state index is 12.8. The number of pyridine rings is 1. The molecule has 0 saturated heterocycles. The third kappa shape index (κ3) is 4.10. The summed E-state index contributed by atoms with van der Waals surface area (Å²) in [5, 5.41) is 3.75. The normalized spacial score (nSPS) is 12.1. The predicted octanol–water partition coefficient (Wildman–Crippen LogP) is 2.74. The zero-order chi connectivity index (χ0) is 22.8. The number of hydrogen-bond donors (Lipinski definition) is 1. The van der Waals surface area contributed by atoms with Crippen molar-refractivity contribution in [2.45, 2.75) is 13.1 Å². The number of carbonyl (C=O) groups is 2. The van der Waals surface area contributed by atoms with E-state index in [0.29, 0.717) is 33.3 Å². The lowest BCUT2D eigenvalue weighted by Gasteiger charge is -2.14. The fourth-order valence-corrected chi connectivity index (χ4v) is 3.87. The number of rotatable bonds is 6. The molecule has 2 heterocycles. The van der Waals surface area contributed by atoms with Gasteiger partial charge in [0.05, 0.1) is 11.0 Å². The van der Waals surface area contributed by atoms with Crippen LogP contribution >= 0.6 is 0 Å². The molecule has 1 aromatic heterocycles. The number of nitrogens with zero attached hydrogens (tertiary/aromatic N) is 1. The number of amides is 1. The minimum atomic E-state index is -0.577. The highest BCUT2D eigenvalue weighted by Gasteiger charge is 2.16. The largest absolute Gasteiger partial charge is 0.454 e. The second-order valence-corrected chi connectivity index (χ2v) is 7.57. The summed E-state index contributed by atoms with van der Waals surface area (Å²) in [4.78, 5) is 37.5. The van der Waals surface area contributed by atoms with Crippen LogP contribution in [0.5, 0.6) is 11.5 Å². The molecule has 0 atom stereocenters. The van der Waals surface area contributed by atoms with Crippen molar-refractivity contribution in [3.05, 3.63) is 82.5 Å². The Morgan fingerprint density at radius 1 is 0.909 bits per heavy atom. The van der Waals surface area contributed by atoms with Gasteiger partial charge >= 0.3 is 5.97 Å². The van der Waals surface area contributed by atoms with Gasteiger partial charge in [-0.3, -0.25) is 14.4 Å². The number of aromatic nitrogens is 1. The quantitative estimate of drug-likeness (QED) is 0.363. The van der Waals surface area contributed by atoms with Crippen molar-refractivity contribution in [3.8, 4) is 11.5 Å². The molecule has 5 rings (SSSR count). The Morgan fingerprint density at radius 2 is 1.58 bits per heavy atom. The zero-order valence-electron chi connectivity index (χ0n) is 17.6. The maximum atomic E-state index is 12.8. The van der Waals surface area contributed by atoms with E-state index in [1.54, 1.807) is 53.1 Å². The first kappa shape index (κ1) is 20.6. The van der Waals surface area contributed by atoms with Gasteiger partial charge in [0.2, 0.25) is 6.79 Å². The molecule has 0 bridgehead atoms. The molecule has 0 aliphatic carbocycles. The standard InChI is InChI=1S/C25H20N2O6/c28-23(26-12-16-9-10-21-22(11-16)33-15-32-21)14-31-24(29)13-27-19-7-3-1-5-17(19)25(30)18-6-2-4-8-20(18)27/h1-11H,12-15H2,(H,26,28). The molecule has 0 radical (unpaired) electrons. The second kappa shape index (κ2) is 8.66. The third-order valence-corrected chi connectivity index (χ3v) is 5.46. The average Bonchev–Trinajstić information content (AvgIpc) is 3.32. The number of carbonyl (C=O) groups excluding carboxylic acids is 2. The SMILES string of the molecule is O=C(COC(=O)Cn1c2ccccc2c(=O)c2ccccc21)NCc1ccc2c(c1)OCO2. The Hall–Kier alpha value is -4.33. The topological polar surface area (TPSA) is 95.9 Å². The molecular formula is C25H20N2O6. The van der Waals surface area contributed by atoms with E-state index >= 15 is 0 Å². The summed E-state index contributed by atoms with van der Waals surface area (Å²) < 4.78 is 17.5.